The number of primary amides is 1. The number of furan rings is 1. The number of nitrogens with zero attached hydrogens (tertiary/aromatic N) is 1. The van der Waals surface area contributed by atoms with Gasteiger partial charge in [-0.05, 0) is 18.6 Å². The quantitative estimate of drug-likeness (QED) is 0.801. The Labute approximate surface area is 94.1 Å². The van der Waals surface area contributed by atoms with E-state index in [-0.39, 0.29) is 18.1 Å². The Bertz CT molecular complexity index is 350. The van der Waals surface area contributed by atoms with Gasteiger partial charge < -0.3 is 14.9 Å². The van der Waals surface area contributed by atoms with Gasteiger partial charge in [0.25, 0.3) is 0 Å². The molecule has 2 heterocycles. The fourth-order valence-corrected chi connectivity index (χ4v) is 2.11. The molecule has 0 bridgehead atoms. The van der Waals surface area contributed by atoms with Crippen LogP contribution in [-0.2, 0) is 16.1 Å². The summed E-state index contributed by atoms with van der Waals surface area (Å²) in [7, 11) is 1.65. The van der Waals surface area contributed by atoms with E-state index in [1.54, 1.807) is 13.4 Å². The molecule has 2 atom stereocenters. The highest BCUT2D eigenvalue weighted by molar-refractivity contribution is 5.80. The molecular formula is C11H16N2O3. The molecule has 1 aromatic heterocycles. The number of ether oxygens (including phenoxy) is 1. The lowest BCUT2D eigenvalue weighted by Crippen LogP contribution is -2.39. The second-order valence-electron chi connectivity index (χ2n) is 4.02. The highest BCUT2D eigenvalue weighted by Crippen LogP contribution is 2.22. The average molecular weight is 224 g/mol. The molecule has 0 aliphatic carbocycles. The van der Waals surface area contributed by atoms with Crippen LogP contribution < -0.4 is 5.73 Å². The first kappa shape index (κ1) is 11.2. The molecule has 1 aliphatic heterocycles. The summed E-state index contributed by atoms with van der Waals surface area (Å²) in [4.78, 5) is 13.3. The third-order valence-corrected chi connectivity index (χ3v) is 2.97. The van der Waals surface area contributed by atoms with Crippen LogP contribution in [0.1, 0.15) is 12.2 Å². The van der Waals surface area contributed by atoms with Gasteiger partial charge >= 0.3 is 0 Å². The van der Waals surface area contributed by atoms with E-state index in [1.165, 1.54) is 0 Å². The van der Waals surface area contributed by atoms with Crippen LogP contribution in [0.15, 0.2) is 22.8 Å². The van der Waals surface area contributed by atoms with Crippen LogP contribution in [0.2, 0.25) is 0 Å². The first-order valence-corrected chi connectivity index (χ1v) is 5.29. The molecule has 1 saturated heterocycles. The van der Waals surface area contributed by atoms with E-state index in [4.69, 9.17) is 14.9 Å². The molecule has 5 heteroatoms. The lowest BCUT2D eigenvalue weighted by atomic mass is 10.2. The van der Waals surface area contributed by atoms with Crippen molar-refractivity contribution in [2.75, 3.05) is 13.7 Å². The first-order chi connectivity index (χ1) is 7.70. The van der Waals surface area contributed by atoms with E-state index in [0.717, 1.165) is 5.76 Å². The number of hydrogen-bond acceptors (Lipinski definition) is 4. The van der Waals surface area contributed by atoms with Crippen LogP contribution in [0.25, 0.3) is 0 Å². The summed E-state index contributed by atoms with van der Waals surface area (Å²) in [6.45, 7) is 1.31. The maximum atomic E-state index is 11.3. The summed E-state index contributed by atoms with van der Waals surface area (Å²) in [5, 5.41) is 0. The van der Waals surface area contributed by atoms with Gasteiger partial charge in [0, 0.05) is 13.7 Å². The van der Waals surface area contributed by atoms with Crippen molar-refractivity contribution in [3.63, 3.8) is 0 Å². The van der Waals surface area contributed by atoms with Crippen molar-refractivity contribution >= 4 is 5.91 Å². The first-order valence-electron chi connectivity index (χ1n) is 5.29. The van der Waals surface area contributed by atoms with Crippen LogP contribution >= 0.6 is 0 Å². The lowest BCUT2D eigenvalue weighted by Gasteiger charge is -2.19. The smallest absolute Gasteiger partial charge is 0.234 e. The van der Waals surface area contributed by atoms with Crippen molar-refractivity contribution in [2.24, 2.45) is 5.73 Å². The maximum absolute atomic E-state index is 11.3. The fraction of sp³-hybridized carbons (Fsp3) is 0.545. The molecule has 0 saturated carbocycles. The van der Waals surface area contributed by atoms with Gasteiger partial charge in [-0.1, -0.05) is 0 Å². The zero-order valence-corrected chi connectivity index (χ0v) is 9.26. The van der Waals surface area contributed by atoms with Gasteiger partial charge in [-0.15, -0.1) is 0 Å². The number of hydrogen-bond donors (Lipinski definition) is 1. The van der Waals surface area contributed by atoms with Crippen molar-refractivity contribution in [1.82, 2.24) is 4.90 Å². The van der Waals surface area contributed by atoms with Crippen LogP contribution in [0.4, 0.5) is 0 Å². The molecule has 1 aliphatic rings. The molecule has 5 nitrogen and oxygen atoms in total. The number of carbonyl (C=O) groups is 1. The minimum absolute atomic E-state index is 0.0764. The predicted octanol–water partition coefficient (Wildman–Crippen LogP) is 0.354. The monoisotopic (exact) mass is 224 g/mol. The molecule has 0 spiro atoms. The van der Waals surface area contributed by atoms with Gasteiger partial charge in [0.05, 0.1) is 25.0 Å². The summed E-state index contributed by atoms with van der Waals surface area (Å²) in [6.07, 6.45) is 2.36. The molecule has 1 aromatic rings. The van der Waals surface area contributed by atoms with Gasteiger partial charge in [-0.2, -0.15) is 0 Å². The summed E-state index contributed by atoms with van der Waals surface area (Å²) in [5.41, 5.74) is 5.37. The van der Waals surface area contributed by atoms with Gasteiger partial charge in [-0.3, -0.25) is 9.69 Å². The molecule has 2 N–H and O–H groups in total. The lowest BCUT2D eigenvalue weighted by molar-refractivity contribution is -0.122. The molecule has 1 amide bonds. The Morgan fingerprint density at radius 1 is 1.75 bits per heavy atom. The molecule has 16 heavy (non-hydrogen) atoms. The van der Waals surface area contributed by atoms with E-state index in [2.05, 4.69) is 0 Å². The number of likely N-dealkylation sites (tertiary alicyclic amines) is 1. The second-order valence-corrected chi connectivity index (χ2v) is 4.02. The Kier molecular flexibility index (Phi) is 3.26. The van der Waals surface area contributed by atoms with Gasteiger partial charge in [0.15, 0.2) is 0 Å². The topological polar surface area (TPSA) is 68.7 Å². The molecule has 0 radical (unpaired) electrons. The van der Waals surface area contributed by atoms with Crippen LogP contribution in [-0.4, -0.2) is 36.6 Å². The SMILES string of the molecule is CO[C@H]1C[C@@H](C(N)=O)N(Cc2ccco2)C1. The highest BCUT2D eigenvalue weighted by atomic mass is 16.5. The molecule has 0 unspecified atom stereocenters. The van der Waals surface area contributed by atoms with Crippen molar-refractivity contribution in [1.29, 1.82) is 0 Å². The number of nitrogens with two attached hydrogens (primary N) is 1. The minimum Gasteiger partial charge on any atom is -0.468 e. The summed E-state index contributed by atoms with van der Waals surface area (Å²) in [6, 6.07) is 3.46. The second kappa shape index (κ2) is 4.67. The molecule has 2 rings (SSSR count). The predicted molar refractivity (Wildman–Crippen MR) is 57.5 cm³/mol. The maximum Gasteiger partial charge on any atom is 0.234 e. The largest absolute Gasteiger partial charge is 0.468 e. The van der Waals surface area contributed by atoms with E-state index < -0.39 is 0 Å². The summed E-state index contributed by atoms with van der Waals surface area (Å²) in [5.74, 6) is 0.536. The van der Waals surface area contributed by atoms with Crippen molar-refractivity contribution < 1.29 is 13.9 Å². The molecular weight excluding hydrogens is 208 g/mol. The Hall–Kier alpha value is -1.33. The number of rotatable bonds is 4. The van der Waals surface area contributed by atoms with Crippen molar-refractivity contribution in [3.8, 4) is 0 Å². The third-order valence-electron chi connectivity index (χ3n) is 2.97. The minimum atomic E-state index is -0.300. The number of amides is 1. The van der Waals surface area contributed by atoms with E-state index in [0.29, 0.717) is 19.5 Å². The van der Waals surface area contributed by atoms with Gasteiger partial charge in [0.2, 0.25) is 5.91 Å². The summed E-state index contributed by atoms with van der Waals surface area (Å²) < 4.78 is 10.5. The van der Waals surface area contributed by atoms with Crippen LogP contribution in [0.3, 0.4) is 0 Å². The van der Waals surface area contributed by atoms with E-state index in [9.17, 15) is 4.79 Å². The molecule has 1 fully saturated rings. The Morgan fingerprint density at radius 3 is 3.12 bits per heavy atom. The fourth-order valence-electron chi connectivity index (χ4n) is 2.11. The standard InChI is InChI=1S/C11H16N2O3/c1-15-9-5-10(11(12)14)13(7-9)6-8-3-2-4-16-8/h2-4,9-10H,5-7H2,1H3,(H2,12,14)/t9-,10-/m0/s1. The normalized spacial score (nSPS) is 26.1. The Balaban J connectivity index is 2.04. The van der Waals surface area contributed by atoms with Crippen LogP contribution in [0.5, 0.6) is 0 Å². The molecule has 88 valence electrons. The van der Waals surface area contributed by atoms with Gasteiger partial charge in [-0.25, -0.2) is 0 Å². The van der Waals surface area contributed by atoms with Gasteiger partial charge in [0.1, 0.15) is 5.76 Å². The van der Waals surface area contributed by atoms with Crippen molar-refractivity contribution in [2.45, 2.75) is 25.1 Å². The van der Waals surface area contributed by atoms with Crippen molar-refractivity contribution in [3.05, 3.63) is 24.2 Å². The summed E-state index contributed by atoms with van der Waals surface area (Å²) >= 11 is 0. The highest BCUT2D eigenvalue weighted by Gasteiger charge is 2.35. The van der Waals surface area contributed by atoms with Crippen LogP contribution in [0, 0.1) is 0 Å². The number of methoxy groups -OCH3 is 1. The van der Waals surface area contributed by atoms with E-state index >= 15 is 0 Å². The van der Waals surface area contributed by atoms with E-state index in [1.807, 2.05) is 17.0 Å². The molecule has 0 aromatic carbocycles. The Morgan fingerprint density at radius 2 is 2.56 bits per heavy atom. The zero-order chi connectivity index (χ0) is 11.5. The third kappa shape index (κ3) is 2.25. The number of carbonyl (C=O) groups excluding carboxylic acids is 1. The average Bonchev–Trinajstić information content (AvgIpc) is 2.87. The zero-order valence-electron chi connectivity index (χ0n) is 9.26.